The zero-order chi connectivity index (χ0) is 29.5. The van der Waals surface area contributed by atoms with Crippen LogP contribution >= 0.6 is 0 Å². The second-order valence-electron chi connectivity index (χ2n) is 9.16. The lowest BCUT2D eigenvalue weighted by Crippen LogP contribution is -2.35. The zero-order valence-electron chi connectivity index (χ0n) is 22.9. The number of hydrogen-bond acceptors (Lipinski definition) is 7. The number of fused-ring (bicyclic) bond motifs is 2. The Kier molecular flexibility index (Phi) is 8.39. The van der Waals surface area contributed by atoms with Crippen LogP contribution in [0.4, 0.5) is 0 Å². The van der Waals surface area contributed by atoms with Gasteiger partial charge >= 0.3 is 5.97 Å². The highest BCUT2D eigenvalue weighted by atomic mass is 16.5. The summed E-state index contributed by atoms with van der Waals surface area (Å²) in [5.41, 5.74) is 3.65. The lowest BCUT2D eigenvalue weighted by molar-refractivity contribution is -0.120. The van der Waals surface area contributed by atoms with Crippen molar-refractivity contribution in [3.63, 3.8) is 0 Å². The van der Waals surface area contributed by atoms with Crippen molar-refractivity contribution in [1.29, 1.82) is 0 Å². The van der Waals surface area contributed by atoms with E-state index in [1.165, 1.54) is 26.5 Å². The molecule has 0 spiro atoms. The van der Waals surface area contributed by atoms with Gasteiger partial charge in [0.25, 0.3) is 11.8 Å². The Hall–Kier alpha value is -5.70. The number of esters is 1. The molecular weight excluding hydrogens is 534 g/mol. The first-order chi connectivity index (χ1) is 20.5. The molecule has 2 amide bonds. The first-order valence-corrected chi connectivity index (χ1v) is 13.0. The summed E-state index contributed by atoms with van der Waals surface area (Å²) in [5, 5.41) is 10.1. The zero-order valence-corrected chi connectivity index (χ0v) is 22.9. The Labute approximate surface area is 241 Å². The van der Waals surface area contributed by atoms with Crippen molar-refractivity contribution >= 4 is 45.5 Å². The molecule has 0 aliphatic rings. The van der Waals surface area contributed by atoms with Gasteiger partial charge in [0.05, 0.1) is 32.5 Å². The number of benzene rings is 5. The predicted octanol–water partition coefficient (Wildman–Crippen LogP) is 5.11. The van der Waals surface area contributed by atoms with Gasteiger partial charge in [-0.3, -0.25) is 9.59 Å². The van der Waals surface area contributed by atoms with E-state index in [-0.39, 0.29) is 23.8 Å². The third-order valence-electron chi connectivity index (χ3n) is 6.58. The van der Waals surface area contributed by atoms with Gasteiger partial charge in [0.1, 0.15) is 5.75 Å². The molecule has 0 fully saturated rings. The third-order valence-corrected chi connectivity index (χ3v) is 6.58. The maximum atomic E-state index is 13.0. The van der Waals surface area contributed by atoms with Crippen LogP contribution in [0, 0.1) is 0 Å². The molecular formula is C33H27N3O6. The number of hydrazone groups is 1. The van der Waals surface area contributed by atoms with Gasteiger partial charge in [-0.1, -0.05) is 66.7 Å². The van der Waals surface area contributed by atoms with E-state index in [2.05, 4.69) is 15.8 Å². The fraction of sp³-hybridized carbons (Fsp3) is 0.0909. The summed E-state index contributed by atoms with van der Waals surface area (Å²) in [7, 11) is 2.99. The first-order valence-electron chi connectivity index (χ1n) is 13.0. The van der Waals surface area contributed by atoms with Crippen molar-refractivity contribution in [3.8, 4) is 17.2 Å². The van der Waals surface area contributed by atoms with E-state index in [4.69, 9.17) is 14.2 Å². The van der Waals surface area contributed by atoms with Crippen LogP contribution in [0.3, 0.4) is 0 Å². The molecule has 5 rings (SSSR count). The molecule has 0 saturated heterocycles. The van der Waals surface area contributed by atoms with Crippen molar-refractivity contribution < 1.29 is 28.6 Å². The number of hydrogen-bond donors (Lipinski definition) is 2. The van der Waals surface area contributed by atoms with Crippen molar-refractivity contribution in [1.82, 2.24) is 10.7 Å². The molecule has 210 valence electrons. The number of carbonyl (C=O) groups excluding carboxylic acids is 3. The average molecular weight is 562 g/mol. The fourth-order valence-electron chi connectivity index (χ4n) is 4.51. The molecule has 5 aromatic carbocycles. The quantitative estimate of drug-likeness (QED) is 0.112. The van der Waals surface area contributed by atoms with Crippen LogP contribution < -0.4 is 25.0 Å². The summed E-state index contributed by atoms with van der Waals surface area (Å²) in [5.74, 6) is -0.385. The molecule has 0 atom stereocenters. The summed E-state index contributed by atoms with van der Waals surface area (Å²) >= 11 is 0. The van der Waals surface area contributed by atoms with Crippen LogP contribution in [0.25, 0.3) is 21.5 Å². The smallest absolute Gasteiger partial charge is 0.343 e. The van der Waals surface area contributed by atoms with Crippen LogP contribution in [-0.4, -0.2) is 44.8 Å². The number of methoxy groups -OCH3 is 2. The van der Waals surface area contributed by atoms with Crippen LogP contribution in [0.5, 0.6) is 17.2 Å². The van der Waals surface area contributed by atoms with E-state index >= 15 is 0 Å². The molecule has 0 unspecified atom stereocenters. The fourth-order valence-corrected chi connectivity index (χ4v) is 4.51. The lowest BCUT2D eigenvalue weighted by atomic mass is 10.0. The van der Waals surface area contributed by atoms with Gasteiger partial charge in [-0.15, -0.1) is 0 Å². The van der Waals surface area contributed by atoms with E-state index < -0.39 is 11.9 Å². The number of rotatable bonds is 9. The molecule has 5 aromatic rings. The summed E-state index contributed by atoms with van der Waals surface area (Å²) < 4.78 is 16.3. The Morgan fingerprint density at radius 1 is 0.738 bits per heavy atom. The highest BCUT2D eigenvalue weighted by molar-refractivity contribution is 6.08. The molecule has 0 aromatic heterocycles. The first kappa shape index (κ1) is 27.9. The second-order valence-corrected chi connectivity index (χ2v) is 9.16. The van der Waals surface area contributed by atoms with Crippen molar-refractivity contribution in [3.05, 3.63) is 114 Å². The summed E-state index contributed by atoms with van der Waals surface area (Å²) in [6, 6.07) is 28.7. The highest BCUT2D eigenvalue weighted by Crippen LogP contribution is 2.30. The Bertz CT molecular complexity index is 1830. The van der Waals surface area contributed by atoms with E-state index in [0.717, 1.165) is 21.5 Å². The van der Waals surface area contributed by atoms with Gasteiger partial charge < -0.3 is 19.5 Å². The van der Waals surface area contributed by atoms with Crippen molar-refractivity contribution in [2.24, 2.45) is 5.10 Å². The van der Waals surface area contributed by atoms with E-state index in [9.17, 15) is 14.4 Å². The van der Waals surface area contributed by atoms with Crippen molar-refractivity contribution in [2.45, 2.75) is 0 Å². The van der Waals surface area contributed by atoms with E-state index in [1.807, 2.05) is 60.7 Å². The van der Waals surface area contributed by atoms with Crippen LogP contribution in [-0.2, 0) is 4.79 Å². The molecule has 0 aliphatic carbocycles. The van der Waals surface area contributed by atoms with Gasteiger partial charge in [0.2, 0.25) is 0 Å². The molecule has 0 aliphatic heterocycles. The summed E-state index contributed by atoms with van der Waals surface area (Å²) in [6.45, 7) is -0.282. The van der Waals surface area contributed by atoms with E-state index in [1.54, 1.807) is 30.3 Å². The topological polar surface area (TPSA) is 115 Å². The molecule has 9 heteroatoms. The minimum Gasteiger partial charge on any atom is -0.493 e. The maximum Gasteiger partial charge on any atom is 0.343 e. The molecule has 42 heavy (non-hydrogen) atoms. The Morgan fingerprint density at radius 2 is 1.40 bits per heavy atom. The van der Waals surface area contributed by atoms with Crippen molar-refractivity contribution in [2.75, 3.05) is 20.8 Å². The molecule has 2 N–H and O–H groups in total. The Morgan fingerprint density at radius 3 is 2.17 bits per heavy atom. The summed E-state index contributed by atoms with van der Waals surface area (Å²) in [6.07, 6.45) is 1.41. The van der Waals surface area contributed by atoms with E-state index in [0.29, 0.717) is 22.6 Å². The van der Waals surface area contributed by atoms with Crippen LogP contribution in [0.15, 0.2) is 102 Å². The SMILES string of the molecule is COc1ccc(C(=O)Oc2ccc3ccccc3c2C=NNC(=O)CNC(=O)c2cccc3ccccc23)cc1OC. The number of nitrogens with zero attached hydrogens (tertiary/aromatic N) is 1. The number of amides is 2. The Balaban J connectivity index is 1.30. The van der Waals surface area contributed by atoms with Gasteiger partial charge in [0, 0.05) is 11.1 Å². The number of carbonyl (C=O) groups is 3. The molecule has 0 bridgehead atoms. The number of ether oxygens (including phenoxy) is 3. The standard InChI is InChI=1S/C33H27N3O6/c1-40-29-17-15-23(18-30(29)41-2)33(39)42-28-16-14-22-9-4-6-12-25(22)27(28)19-35-36-31(37)20-34-32(38)26-13-7-10-21-8-3-5-11-24(21)26/h3-19H,20H2,1-2H3,(H,34,38)(H,36,37). The molecule has 0 saturated carbocycles. The summed E-state index contributed by atoms with van der Waals surface area (Å²) in [4.78, 5) is 38.3. The van der Waals surface area contributed by atoms with Gasteiger partial charge in [-0.2, -0.15) is 5.10 Å². The average Bonchev–Trinajstić information content (AvgIpc) is 3.03. The monoisotopic (exact) mass is 561 g/mol. The lowest BCUT2D eigenvalue weighted by Gasteiger charge is -2.12. The van der Waals surface area contributed by atoms with Crippen LogP contribution in [0.2, 0.25) is 0 Å². The molecule has 9 nitrogen and oxygen atoms in total. The molecule has 0 radical (unpaired) electrons. The minimum atomic E-state index is -0.610. The minimum absolute atomic E-state index is 0.246. The maximum absolute atomic E-state index is 13.0. The van der Waals surface area contributed by atoms with Gasteiger partial charge in [0.15, 0.2) is 11.5 Å². The van der Waals surface area contributed by atoms with Gasteiger partial charge in [-0.05, 0) is 51.9 Å². The largest absolute Gasteiger partial charge is 0.493 e. The molecule has 0 heterocycles. The third kappa shape index (κ3) is 6.05. The normalized spacial score (nSPS) is 10.9. The van der Waals surface area contributed by atoms with Crippen LogP contribution in [0.1, 0.15) is 26.3 Å². The number of nitrogens with one attached hydrogen (secondary N) is 2. The highest BCUT2D eigenvalue weighted by Gasteiger charge is 2.16. The second kappa shape index (κ2) is 12.6. The van der Waals surface area contributed by atoms with Gasteiger partial charge in [-0.25, -0.2) is 10.2 Å². The predicted molar refractivity (Wildman–Crippen MR) is 160 cm³/mol.